The number of ether oxygens (including phenoxy) is 2. The molecule has 0 saturated carbocycles. The van der Waals surface area contributed by atoms with Gasteiger partial charge in [-0.25, -0.2) is 4.79 Å². The standard InChI is InChI=1S/C22H29N3O5/c1-3-9-25-20(27)18(23-21(25)28)14-19(26)24-10-7-22(8-11-24)17-5-4-16(29-2)13-15(17)6-12-30-22/h4-5,13,18H,3,6-12,14H2,1-2H3,(H,23,28). The van der Waals surface area contributed by atoms with E-state index in [9.17, 15) is 14.4 Å². The Labute approximate surface area is 176 Å². The molecule has 4 rings (SSSR count). The average Bonchev–Trinajstić information content (AvgIpc) is 3.01. The number of rotatable bonds is 5. The van der Waals surface area contributed by atoms with Gasteiger partial charge in [0.15, 0.2) is 0 Å². The molecule has 1 aromatic rings. The van der Waals surface area contributed by atoms with Gasteiger partial charge >= 0.3 is 6.03 Å². The van der Waals surface area contributed by atoms with Crippen molar-refractivity contribution in [2.45, 2.75) is 50.7 Å². The Kier molecular flexibility index (Phi) is 5.69. The van der Waals surface area contributed by atoms with Crippen LogP contribution in [0, 0.1) is 0 Å². The third kappa shape index (κ3) is 3.64. The second-order valence-electron chi connectivity index (χ2n) is 8.19. The molecule has 3 heterocycles. The Morgan fingerprint density at radius 2 is 2.07 bits per heavy atom. The topological polar surface area (TPSA) is 88.2 Å². The summed E-state index contributed by atoms with van der Waals surface area (Å²) in [4.78, 5) is 40.2. The number of piperidine rings is 1. The summed E-state index contributed by atoms with van der Waals surface area (Å²) >= 11 is 0. The molecule has 0 radical (unpaired) electrons. The van der Waals surface area contributed by atoms with E-state index in [1.807, 2.05) is 13.0 Å². The molecule has 8 nitrogen and oxygen atoms in total. The summed E-state index contributed by atoms with van der Waals surface area (Å²) in [5.74, 6) is 0.439. The van der Waals surface area contributed by atoms with Crippen LogP contribution in [-0.4, -0.2) is 67.0 Å². The second-order valence-corrected chi connectivity index (χ2v) is 8.19. The number of likely N-dealkylation sites (tertiary alicyclic amines) is 1. The quantitative estimate of drug-likeness (QED) is 0.741. The van der Waals surface area contributed by atoms with Gasteiger partial charge in [0.25, 0.3) is 5.91 Å². The van der Waals surface area contributed by atoms with E-state index in [0.717, 1.165) is 12.2 Å². The van der Waals surface area contributed by atoms with Crippen molar-refractivity contribution in [3.05, 3.63) is 29.3 Å². The molecule has 0 aliphatic carbocycles. The first kappa shape index (κ1) is 20.7. The minimum absolute atomic E-state index is 0.00638. The zero-order valence-corrected chi connectivity index (χ0v) is 17.6. The number of fused-ring (bicyclic) bond motifs is 2. The molecule has 1 aromatic carbocycles. The molecule has 2 fully saturated rings. The number of carbonyl (C=O) groups excluding carboxylic acids is 3. The van der Waals surface area contributed by atoms with Crippen LogP contribution in [0.15, 0.2) is 18.2 Å². The third-order valence-electron chi connectivity index (χ3n) is 6.41. The number of methoxy groups -OCH3 is 1. The fourth-order valence-electron chi connectivity index (χ4n) is 4.77. The molecule has 8 heteroatoms. The van der Waals surface area contributed by atoms with E-state index in [1.165, 1.54) is 16.0 Å². The lowest BCUT2D eigenvalue weighted by atomic mass is 9.79. The number of nitrogens with one attached hydrogen (secondary N) is 1. The maximum absolute atomic E-state index is 12.8. The summed E-state index contributed by atoms with van der Waals surface area (Å²) < 4.78 is 11.6. The van der Waals surface area contributed by atoms with Gasteiger partial charge in [-0.3, -0.25) is 14.5 Å². The van der Waals surface area contributed by atoms with Crippen LogP contribution >= 0.6 is 0 Å². The number of amides is 4. The fraction of sp³-hybridized carbons (Fsp3) is 0.591. The number of hydrogen-bond donors (Lipinski definition) is 1. The lowest BCUT2D eigenvalue weighted by molar-refractivity contribution is -0.143. The Balaban J connectivity index is 1.39. The van der Waals surface area contributed by atoms with Crippen LogP contribution < -0.4 is 10.1 Å². The second kappa shape index (κ2) is 8.26. The van der Waals surface area contributed by atoms with Gasteiger partial charge in [-0.15, -0.1) is 0 Å². The van der Waals surface area contributed by atoms with Crippen molar-refractivity contribution in [2.24, 2.45) is 0 Å². The fourth-order valence-corrected chi connectivity index (χ4v) is 4.77. The van der Waals surface area contributed by atoms with Gasteiger partial charge in [-0.1, -0.05) is 13.0 Å². The zero-order valence-electron chi connectivity index (χ0n) is 17.6. The first-order chi connectivity index (χ1) is 14.5. The van der Waals surface area contributed by atoms with Gasteiger partial charge in [0.05, 0.1) is 25.7 Å². The van der Waals surface area contributed by atoms with E-state index in [2.05, 4.69) is 17.4 Å². The number of hydrogen-bond acceptors (Lipinski definition) is 5. The highest BCUT2D eigenvalue weighted by Gasteiger charge is 2.43. The largest absolute Gasteiger partial charge is 0.497 e. The van der Waals surface area contributed by atoms with Crippen molar-refractivity contribution in [2.75, 3.05) is 33.4 Å². The highest BCUT2D eigenvalue weighted by molar-refractivity contribution is 6.05. The van der Waals surface area contributed by atoms with Crippen molar-refractivity contribution < 1.29 is 23.9 Å². The minimum atomic E-state index is -0.758. The van der Waals surface area contributed by atoms with Crippen molar-refractivity contribution in [3.8, 4) is 5.75 Å². The predicted molar refractivity (Wildman–Crippen MR) is 109 cm³/mol. The molecular weight excluding hydrogens is 386 g/mol. The Morgan fingerprint density at radius 1 is 1.30 bits per heavy atom. The van der Waals surface area contributed by atoms with Crippen molar-refractivity contribution in [1.82, 2.24) is 15.1 Å². The summed E-state index contributed by atoms with van der Waals surface area (Å²) in [6, 6.07) is 4.96. The van der Waals surface area contributed by atoms with Crippen LogP contribution in [0.4, 0.5) is 4.79 Å². The van der Waals surface area contributed by atoms with Gasteiger partial charge in [-0.05, 0) is 48.9 Å². The van der Waals surface area contributed by atoms with E-state index < -0.39 is 12.1 Å². The number of benzene rings is 1. The van der Waals surface area contributed by atoms with Gasteiger partial charge in [0.1, 0.15) is 11.8 Å². The van der Waals surface area contributed by atoms with Gasteiger partial charge in [0.2, 0.25) is 5.91 Å². The lowest BCUT2D eigenvalue weighted by Crippen LogP contribution is -2.49. The molecule has 30 heavy (non-hydrogen) atoms. The smallest absolute Gasteiger partial charge is 0.324 e. The molecule has 2 saturated heterocycles. The Morgan fingerprint density at radius 3 is 2.77 bits per heavy atom. The van der Waals surface area contributed by atoms with Crippen LogP contribution in [0.3, 0.4) is 0 Å². The summed E-state index contributed by atoms with van der Waals surface area (Å²) in [6.07, 6.45) is 2.98. The van der Waals surface area contributed by atoms with Gasteiger partial charge in [0, 0.05) is 19.6 Å². The zero-order chi connectivity index (χ0) is 21.3. The molecule has 3 aliphatic heterocycles. The number of urea groups is 1. The van der Waals surface area contributed by atoms with E-state index >= 15 is 0 Å². The summed E-state index contributed by atoms with van der Waals surface area (Å²) in [5, 5.41) is 2.64. The van der Waals surface area contributed by atoms with E-state index in [-0.39, 0.29) is 23.8 Å². The molecule has 1 N–H and O–H groups in total. The first-order valence-electron chi connectivity index (χ1n) is 10.7. The third-order valence-corrected chi connectivity index (χ3v) is 6.41. The number of imide groups is 1. The molecule has 3 aliphatic rings. The molecule has 162 valence electrons. The predicted octanol–water partition coefficient (Wildman–Crippen LogP) is 1.81. The average molecular weight is 415 g/mol. The van der Waals surface area contributed by atoms with Gasteiger partial charge < -0.3 is 19.7 Å². The van der Waals surface area contributed by atoms with E-state index in [1.54, 1.807) is 12.0 Å². The van der Waals surface area contributed by atoms with E-state index in [4.69, 9.17) is 9.47 Å². The number of carbonyl (C=O) groups is 3. The first-order valence-corrected chi connectivity index (χ1v) is 10.7. The molecule has 0 bridgehead atoms. The SMILES string of the molecule is CCCN1C(=O)NC(CC(=O)N2CCC3(CC2)OCCc2cc(OC)ccc23)C1=O. The Hall–Kier alpha value is -2.61. The molecule has 0 aromatic heterocycles. The Bertz CT molecular complexity index is 847. The summed E-state index contributed by atoms with van der Waals surface area (Å²) in [7, 11) is 1.67. The van der Waals surface area contributed by atoms with Gasteiger partial charge in [-0.2, -0.15) is 0 Å². The van der Waals surface area contributed by atoms with Crippen LogP contribution in [-0.2, 0) is 26.3 Å². The van der Waals surface area contributed by atoms with Crippen LogP contribution in [0.2, 0.25) is 0 Å². The summed E-state index contributed by atoms with van der Waals surface area (Å²) in [5.41, 5.74) is 2.07. The highest BCUT2D eigenvalue weighted by Crippen LogP contribution is 2.42. The monoisotopic (exact) mass is 415 g/mol. The molecule has 4 amide bonds. The van der Waals surface area contributed by atoms with Crippen LogP contribution in [0.5, 0.6) is 5.75 Å². The van der Waals surface area contributed by atoms with Crippen molar-refractivity contribution >= 4 is 17.8 Å². The maximum atomic E-state index is 12.8. The number of nitrogens with zero attached hydrogens (tertiary/aromatic N) is 2. The van der Waals surface area contributed by atoms with Crippen LogP contribution in [0.1, 0.15) is 43.7 Å². The van der Waals surface area contributed by atoms with E-state index in [0.29, 0.717) is 45.5 Å². The minimum Gasteiger partial charge on any atom is -0.497 e. The molecule has 1 unspecified atom stereocenters. The van der Waals surface area contributed by atoms with Crippen molar-refractivity contribution in [1.29, 1.82) is 0 Å². The molecule has 1 spiro atoms. The normalized spacial score (nSPS) is 22.8. The maximum Gasteiger partial charge on any atom is 0.324 e. The lowest BCUT2D eigenvalue weighted by Gasteiger charge is -2.45. The van der Waals surface area contributed by atoms with Crippen molar-refractivity contribution in [3.63, 3.8) is 0 Å². The molecule has 1 atom stereocenters. The molecular formula is C22H29N3O5. The van der Waals surface area contributed by atoms with Crippen LogP contribution in [0.25, 0.3) is 0 Å². The highest BCUT2D eigenvalue weighted by atomic mass is 16.5. The summed E-state index contributed by atoms with van der Waals surface area (Å²) in [6.45, 7) is 4.08.